The molecule has 7 heteroatoms. The molecule has 1 unspecified atom stereocenters. The van der Waals surface area contributed by atoms with Gasteiger partial charge in [-0.25, -0.2) is 0 Å². The van der Waals surface area contributed by atoms with Gasteiger partial charge in [-0.05, 0) is 0 Å². The third-order valence-electron chi connectivity index (χ3n) is 4.04. The molecule has 3 rings (SSSR count). The number of carbonyl (C=O) groups excluding carboxylic acids is 1. The molecular weight excluding hydrogens is 302 g/mol. The average Bonchev–Trinajstić information content (AvgIpc) is 2.57. The number of nitrogens with one attached hydrogen (secondary N) is 1. The summed E-state index contributed by atoms with van der Waals surface area (Å²) in [4.78, 5) is 11.4. The van der Waals surface area contributed by atoms with Crippen molar-refractivity contribution in [2.45, 2.75) is 43.9 Å². The summed E-state index contributed by atoms with van der Waals surface area (Å²) in [5.41, 5.74) is 0.864. The number of benzene rings is 1. The second-order valence-corrected chi connectivity index (χ2v) is 5.67. The fourth-order valence-corrected chi connectivity index (χ4v) is 2.96. The van der Waals surface area contributed by atoms with Crippen LogP contribution in [-0.4, -0.2) is 55.4 Å². The van der Waals surface area contributed by atoms with Crippen LogP contribution in [0.1, 0.15) is 18.8 Å². The van der Waals surface area contributed by atoms with Gasteiger partial charge in [0.05, 0.1) is 6.61 Å². The van der Waals surface area contributed by atoms with E-state index in [-0.39, 0.29) is 12.5 Å². The minimum absolute atomic E-state index is 0.272. The van der Waals surface area contributed by atoms with E-state index in [0.717, 1.165) is 5.56 Å². The van der Waals surface area contributed by atoms with Gasteiger partial charge in [0.2, 0.25) is 5.91 Å². The molecule has 23 heavy (non-hydrogen) atoms. The van der Waals surface area contributed by atoms with Crippen LogP contribution in [0, 0.1) is 0 Å². The highest BCUT2D eigenvalue weighted by molar-refractivity contribution is 5.73. The van der Waals surface area contributed by atoms with Crippen LogP contribution in [0.4, 0.5) is 0 Å². The van der Waals surface area contributed by atoms with Crippen molar-refractivity contribution in [3.05, 3.63) is 35.9 Å². The van der Waals surface area contributed by atoms with Gasteiger partial charge >= 0.3 is 0 Å². The molecule has 1 aromatic rings. The summed E-state index contributed by atoms with van der Waals surface area (Å²) in [6, 6.07) is 8.78. The normalized spacial score (nSPS) is 37.0. The lowest BCUT2D eigenvalue weighted by Gasteiger charge is -2.47. The minimum atomic E-state index is -0.960. The molecule has 0 aromatic heterocycles. The van der Waals surface area contributed by atoms with Gasteiger partial charge in [-0.2, -0.15) is 0 Å². The lowest BCUT2D eigenvalue weighted by atomic mass is 9.95. The minimum Gasteiger partial charge on any atom is -0.388 e. The van der Waals surface area contributed by atoms with E-state index >= 15 is 0 Å². The van der Waals surface area contributed by atoms with E-state index in [0.29, 0.717) is 0 Å². The lowest BCUT2D eigenvalue weighted by molar-refractivity contribution is -0.341. The van der Waals surface area contributed by atoms with Crippen LogP contribution in [0.3, 0.4) is 0 Å². The number of hydrogen-bond donors (Lipinski definition) is 2. The van der Waals surface area contributed by atoms with Crippen molar-refractivity contribution in [1.29, 1.82) is 0 Å². The zero-order valence-electron chi connectivity index (χ0n) is 13.0. The van der Waals surface area contributed by atoms with E-state index in [1.807, 2.05) is 30.3 Å². The van der Waals surface area contributed by atoms with Crippen LogP contribution in [0.15, 0.2) is 30.3 Å². The summed E-state index contributed by atoms with van der Waals surface area (Å²) >= 11 is 0. The second-order valence-electron chi connectivity index (χ2n) is 5.67. The Morgan fingerprint density at radius 2 is 2.04 bits per heavy atom. The maximum atomic E-state index is 11.4. The van der Waals surface area contributed by atoms with Gasteiger partial charge in [-0.3, -0.25) is 4.79 Å². The first-order valence-corrected chi connectivity index (χ1v) is 7.55. The molecule has 1 amide bonds. The number of amides is 1. The van der Waals surface area contributed by atoms with Crippen molar-refractivity contribution in [3.8, 4) is 0 Å². The Morgan fingerprint density at radius 1 is 1.30 bits per heavy atom. The molecule has 2 saturated heterocycles. The maximum Gasteiger partial charge on any atom is 0.217 e. The average molecular weight is 323 g/mol. The molecule has 2 aliphatic rings. The van der Waals surface area contributed by atoms with Gasteiger partial charge < -0.3 is 29.4 Å². The molecule has 0 saturated carbocycles. The smallest absolute Gasteiger partial charge is 0.217 e. The van der Waals surface area contributed by atoms with Crippen molar-refractivity contribution in [1.82, 2.24) is 5.32 Å². The first kappa shape index (κ1) is 16.4. The molecular formula is C16H21NO6. The number of carbonyl (C=O) groups is 1. The Labute approximate surface area is 134 Å². The molecule has 0 aliphatic carbocycles. The van der Waals surface area contributed by atoms with Gasteiger partial charge in [-0.1, -0.05) is 30.3 Å². The summed E-state index contributed by atoms with van der Waals surface area (Å²) in [5.74, 6) is -0.273. The third-order valence-corrected chi connectivity index (χ3v) is 4.04. The van der Waals surface area contributed by atoms with E-state index in [1.54, 1.807) is 0 Å². The quantitative estimate of drug-likeness (QED) is 0.834. The topological polar surface area (TPSA) is 86.2 Å². The Hall–Kier alpha value is -1.51. The number of rotatable bonds is 3. The van der Waals surface area contributed by atoms with Gasteiger partial charge in [-0.15, -0.1) is 0 Å². The summed E-state index contributed by atoms with van der Waals surface area (Å²) < 4.78 is 22.6. The van der Waals surface area contributed by atoms with Crippen molar-refractivity contribution in [2.75, 3.05) is 13.7 Å². The van der Waals surface area contributed by atoms with E-state index in [4.69, 9.17) is 18.9 Å². The lowest BCUT2D eigenvalue weighted by Crippen LogP contribution is -2.66. The highest BCUT2D eigenvalue weighted by Gasteiger charge is 2.49. The fourth-order valence-electron chi connectivity index (χ4n) is 2.96. The molecule has 0 spiro atoms. The Kier molecular flexibility index (Phi) is 4.93. The molecule has 2 heterocycles. The SMILES string of the molecule is CO[C@H]1O[C@@H]2COC(c3ccccc3)O[C@H]2[C@@H](O)[C@@H]1NC(C)=O. The molecule has 2 aliphatic heterocycles. The van der Waals surface area contributed by atoms with Crippen LogP contribution in [0.2, 0.25) is 0 Å². The van der Waals surface area contributed by atoms with Gasteiger partial charge in [0, 0.05) is 19.6 Å². The van der Waals surface area contributed by atoms with Gasteiger partial charge in [0.25, 0.3) is 0 Å². The van der Waals surface area contributed by atoms with Crippen molar-refractivity contribution < 1.29 is 28.8 Å². The summed E-state index contributed by atoms with van der Waals surface area (Å²) in [5, 5.41) is 13.3. The van der Waals surface area contributed by atoms with Crippen LogP contribution >= 0.6 is 0 Å². The Balaban J connectivity index is 1.76. The summed E-state index contributed by atoms with van der Waals surface area (Å²) in [6.45, 7) is 1.65. The van der Waals surface area contributed by atoms with Crippen LogP contribution in [0.25, 0.3) is 0 Å². The summed E-state index contributed by atoms with van der Waals surface area (Å²) in [7, 11) is 1.46. The van der Waals surface area contributed by atoms with Crippen LogP contribution < -0.4 is 5.32 Å². The first-order chi connectivity index (χ1) is 11.1. The second kappa shape index (κ2) is 6.94. The number of methoxy groups -OCH3 is 1. The van der Waals surface area contributed by atoms with Crippen molar-refractivity contribution >= 4 is 5.91 Å². The predicted molar refractivity (Wildman–Crippen MR) is 79.3 cm³/mol. The summed E-state index contributed by atoms with van der Waals surface area (Å²) in [6.07, 6.45) is -3.36. The van der Waals surface area contributed by atoms with Crippen LogP contribution in [0.5, 0.6) is 0 Å². The highest BCUT2D eigenvalue weighted by Crippen LogP contribution is 2.34. The van der Waals surface area contributed by atoms with E-state index in [1.165, 1.54) is 14.0 Å². The molecule has 0 radical (unpaired) electrons. The Morgan fingerprint density at radius 3 is 2.70 bits per heavy atom. The van der Waals surface area contributed by atoms with Gasteiger partial charge in [0.1, 0.15) is 24.4 Å². The van der Waals surface area contributed by atoms with Gasteiger partial charge in [0.15, 0.2) is 12.6 Å². The largest absolute Gasteiger partial charge is 0.388 e. The standard InChI is InChI=1S/C16H21NO6/c1-9(18)17-12-13(19)14-11(22-16(12)20-2)8-21-15(23-14)10-6-4-3-5-7-10/h3-7,11-16,19H,8H2,1-2H3,(H,17,18)/t11-,12+,13+,14-,15?,16+/m1/s1. The van der Waals surface area contributed by atoms with E-state index < -0.39 is 36.9 Å². The number of aliphatic hydroxyl groups excluding tert-OH is 1. The van der Waals surface area contributed by atoms with E-state index in [9.17, 15) is 9.90 Å². The van der Waals surface area contributed by atoms with E-state index in [2.05, 4.69) is 5.32 Å². The monoisotopic (exact) mass is 323 g/mol. The number of aliphatic hydroxyl groups is 1. The predicted octanol–water partition coefficient (Wildman–Crippen LogP) is 0.337. The molecule has 1 aromatic carbocycles. The molecule has 2 N–H and O–H groups in total. The zero-order valence-corrected chi connectivity index (χ0v) is 13.0. The first-order valence-electron chi connectivity index (χ1n) is 7.55. The number of hydrogen-bond acceptors (Lipinski definition) is 6. The fraction of sp³-hybridized carbons (Fsp3) is 0.562. The highest BCUT2D eigenvalue weighted by atomic mass is 16.7. The zero-order chi connectivity index (χ0) is 16.4. The maximum absolute atomic E-state index is 11.4. The molecule has 7 nitrogen and oxygen atoms in total. The number of fused-ring (bicyclic) bond motifs is 1. The third kappa shape index (κ3) is 3.39. The molecule has 126 valence electrons. The number of ether oxygens (including phenoxy) is 4. The Bertz CT molecular complexity index is 539. The molecule has 6 atom stereocenters. The molecule has 0 bridgehead atoms. The van der Waals surface area contributed by atoms with Crippen molar-refractivity contribution in [3.63, 3.8) is 0 Å². The van der Waals surface area contributed by atoms with Crippen LogP contribution in [-0.2, 0) is 23.7 Å². The molecule has 2 fully saturated rings. The van der Waals surface area contributed by atoms with Crippen molar-refractivity contribution in [2.24, 2.45) is 0 Å².